The molecule has 6 nitrogen and oxygen atoms in total. The molecule has 0 amide bonds. The fraction of sp³-hybridized carbons (Fsp3) is 0.304. The second-order valence-electron chi connectivity index (χ2n) is 7.87. The molecule has 0 bridgehead atoms. The van der Waals surface area contributed by atoms with Crippen LogP contribution in [0.2, 0.25) is 0 Å². The Labute approximate surface area is 180 Å². The number of ether oxygens (including phenoxy) is 3. The van der Waals surface area contributed by atoms with Crippen LogP contribution in [0.25, 0.3) is 5.69 Å². The van der Waals surface area contributed by atoms with E-state index in [0.717, 1.165) is 10.6 Å². The Hall–Kier alpha value is -2.93. The van der Waals surface area contributed by atoms with Crippen molar-refractivity contribution >= 4 is 11.8 Å². The Morgan fingerprint density at radius 2 is 1.73 bits per heavy atom. The number of hydrogen-bond acceptors (Lipinski definition) is 6. The van der Waals surface area contributed by atoms with Gasteiger partial charge in [0.25, 0.3) is 5.56 Å². The van der Waals surface area contributed by atoms with Gasteiger partial charge in [0.1, 0.15) is 5.75 Å². The maximum atomic E-state index is 13.0. The average Bonchev–Trinajstić information content (AvgIpc) is 2.73. The number of nitrogens with zero attached hydrogens (tertiary/aromatic N) is 2. The minimum Gasteiger partial charge on any atom is -0.497 e. The van der Waals surface area contributed by atoms with Crippen molar-refractivity contribution in [3.63, 3.8) is 0 Å². The molecule has 30 heavy (non-hydrogen) atoms. The van der Waals surface area contributed by atoms with Gasteiger partial charge in [-0.15, -0.1) is 0 Å². The van der Waals surface area contributed by atoms with Gasteiger partial charge in [0.05, 0.1) is 26.5 Å². The summed E-state index contributed by atoms with van der Waals surface area (Å²) in [6.45, 7) is 6.87. The van der Waals surface area contributed by atoms with Gasteiger partial charge < -0.3 is 14.2 Å². The summed E-state index contributed by atoms with van der Waals surface area (Å²) in [6, 6.07) is 12.9. The zero-order valence-electron chi connectivity index (χ0n) is 17.8. The summed E-state index contributed by atoms with van der Waals surface area (Å²) < 4.78 is 18.1. The monoisotopic (exact) mass is 426 g/mol. The third kappa shape index (κ3) is 5.36. The second-order valence-corrected chi connectivity index (χ2v) is 8.93. The van der Waals surface area contributed by atoms with Crippen LogP contribution in [0.15, 0.2) is 69.6 Å². The Morgan fingerprint density at radius 1 is 1.00 bits per heavy atom. The quantitative estimate of drug-likeness (QED) is 0.539. The van der Waals surface area contributed by atoms with Crippen molar-refractivity contribution in [1.29, 1.82) is 0 Å². The lowest BCUT2D eigenvalue weighted by atomic mass is 9.99. The van der Waals surface area contributed by atoms with E-state index < -0.39 is 0 Å². The molecule has 0 atom stereocenters. The van der Waals surface area contributed by atoms with Crippen LogP contribution in [0.5, 0.6) is 17.2 Å². The maximum absolute atomic E-state index is 13.0. The molecule has 0 N–H and O–H groups in total. The van der Waals surface area contributed by atoms with Gasteiger partial charge in [-0.1, -0.05) is 32.5 Å². The van der Waals surface area contributed by atoms with Crippen LogP contribution in [0, 0.1) is 5.41 Å². The van der Waals surface area contributed by atoms with Crippen molar-refractivity contribution in [2.75, 3.05) is 20.8 Å². The third-order valence-corrected chi connectivity index (χ3v) is 5.15. The molecule has 0 saturated heterocycles. The van der Waals surface area contributed by atoms with E-state index in [9.17, 15) is 4.79 Å². The van der Waals surface area contributed by atoms with Crippen LogP contribution in [0.1, 0.15) is 20.8 Å². The third-order valence-electron chi connectivity index (χ3n) is 4.17. The lowest BCUT2D eigenvalue weighted by Crippen LogP contribution is -2.20. The first-order chi connectivity index (χ1) is 14.3. The van der Waals surface area contributed by atoms with E-state index in [-0.39, 0.29) is 11.0 Å². The van der Waals surface area contributed by atoms with E-state index in [1.54, 1.807) is 37.2 Å². The first-order valence-corrected chi connectivity index (χ1v) is 10.3. The lowest BCUT2D eigenvalue weighted by molar-refractivity contribution is 0.191. The van der Waals surface area contributed by atoms with Gasteiger partial charge in [-0.05, 0) is 41.8 Å². The van der Waals surface area contributed by atoms with Crippen LogP contribution in [-0.2, 0) is 0 Å². The smallest absolute Gasteiger partial charge is 0.287 e. The van der Waals surface area contributed by atoms with Gasteiger partial charge in [0.15, 0.2) is 16.5 Å². The average molecular weight is 427 g/mol. The fourth-order valence-electron chi connectivity index (χ4n) is 2.64. The number of methoxy groups -OCH3 is 2. The largest absolute Gasteiger partial charge is 0.497 e. The Morgan fingerprint density at radius 3 is 2.37 bits per heavy atom. The fourth-order valence-corrected chi connectivity index (χ4v) is 3.44. The minimum atomic E-state index is -0.205. The molecule has 0 aliphatic heterocycles. The topological polar surface area (TPSA) is 62.6 Å². The normalized spacial score (nSPS) is 11.2. The molecule has 3 rings (SSSR count). The Kier molecular flexibility index (Phi) is 6.72. The van der Waals surface area contributed by atoms with Crippen molar-refractivity contribution < 1.29 is 14.2 Å². The SMILES string of the molecule is COc1ccc(Sc2nccn(-c3ccc(OCC(C)(C)C)c(OC)c3)c2=O)cc1. The van der Waals surface area contributed by atoms with Gasteiger partial charge in [-0.25, -0.2) is 4.98 Å². The molecule has 1 aromatic heterocycles. The molecule has 0 saturated carbocycles. The summed E-state index contributed by atoms with van der Waals surface area (Å²) in [7, 11) is 3.20. The van der Waals surface area contributed by atoms with Crippen molar-refractivity contribution in [1.82, 2.24) is 9.55 Å². The van der Waals surface area contributed by atoms with Crippen LogP contribution in [0.3, 0.4) is 0 Å². The predicted molar refractivity (Wildman–Crippen MR) is 118 cm³/mol. The Bertz CT molecular complexity index is 1060. The van der Waals surface area contributed by atoms with Gasteiger partial charge in [0, 0.05) is 23.4 Å². The lowest BCUT2D eigenvalue weighted by Gasteiger charge is -2.20. The van der Waals surface area contributed by atoms with E-state index in [1.807, 2.05) is 36.4 Å². The van der Waals surface area contributed by atoms with Crippen molar-refractivity contribution in [3.05, 3.63) is 65.2 Å². The minimum absolute atomic E-state index is 0.0271. The predicted octanol–water partition coefficient (Wildman–Crippen LogP) is 4.83. The molecule has 158 valence electrons. The molecular formula is C23H26N2O4S. The van der Waals surface area contributed by atoms with E-state index >= 15 is 0 Å². The first-order valence-electron chi connectivity index (χ1n) is 9.51. The summed E-state index contributed by atoms with van der Waals surface area (Å²) in [5.74, 6) is 1.98. The second kappa shape index (κ2) is 9.26. The maximum Gasteiger partial charge on any atom is 0.287 e. The van der Waals surface area contributed by atoms with Crippen LogP contribution in [-0.4, -0.2) is 30.4 Å². The molecule has 0 fully saturated rings. The van der Waals surface area contributed by atoms with Crippen LogP contribution >= 0.6 is 11.8 Å². The van der Waals surface area contributed by atoms with Crippen molar-refractivity contribution in [2.24, 2.45) is 5.41 Å². The highest BCUT2D eigenvalue weighted by atomic mass is 32.2. The van der Waals surface area contributed by atoms with Crippen LogP contribution in [0.4, 0.5) is 0 Å². The number of aromatic nitrogens is 2. The molecule has 0 aliphatic carbocycles. The van der Waals surface area contributed by atoms with Gasteiger partial charge in [0.2, 0.25) is 0 Å². The van der Waals surface area contributed by atoms with Crippen LogP contribution < -0.4 is 19.8 Å². The molecular weight excluding hydrogens is 400 g/mol. The number of hydrogen-bond donors (Lipinski definition) is 0. The number of rotatable bonds is 7. The molecule has 2 aromatic carbocycles. The van der Waals surface area contributed by atoms with Gasteiger partial charge in [-0.2, -0.15) is 0 Å². The molecule has 7 heteroatoms. The molecule has 0 radical (unpaired) electrons. The number of benzene rings is 2. The van der Waals surface area contributed by atoms with E-state index in [4.69, 9.17) is 14.2 Å². The summed E-state index contributed by atoms with van der Waals surface area (Å²) in [5.41, 5.74) is 0.502. The zero-order chi connectivity index (χ0) is 21.7. The molecule has 1 heterocycles. The van der Waals surface area contributed by atoms with E-state index in [2.05, 4.69) is 25.8 Å². The molecule has 3 aromatic rings. The summed E-state index contributed by atoms with van der Waals surface area (Å²) in [4.78, 5) is 18.2. The van der Waals surface area contributed by atoms with Gasteiger partial charge >= 0.3 is 0 Å². The van der Waals surface area contributed by atoms with Gasteiger partial charge in [-0.3, -0.25) is 9.36 Å². The molecule has 0 unspecified atom stereocenters. The van der Waals surface area contributed by atoms with Crippen molar-refractivity contribution in [2.45, 2.75) is 30.7 Å². The highest BCUT2D eigenvalue weighted by Gasteiger charge is 2.15. The zero-order valence-corrected chi connectivity index (χ0v) is 18.7. The standard InChI is InChI=1S/C23H26N2O4S/c1-23(2,3)15-29-19-11-6-16(14-20(19)28-5)25-13-12-24-21(22(25)26)30-18-9-7-17(27-4)8-10-18/h6-14H,15H2,1-5H3. The Balaban J connectivity index is 1.88. The van der Waals surface area contributed by atoms with E-state index in [0.29, 0.717) is 28.8 Å². The highest BCUT2D eigenvalue weighted by Crippen LogP contribution is 2.31. The molecule has 0 spiro atoms. The summed E-state index contributed by atoms with van der Waals surface area (Å²) >= 11 is 1.31. The molecule has 0 aliphatic rings. The summed E-state index contributed by atoms with van der Waals surface area (Å²) in [5, 5.41) is 0.384. The highest BCUT2D eigenvalue weighted by molar-refractivity contribution is 7.99. The van der Waals surface area contributed by atoms with E-state index in [1.165, 1.54) is 11.8 Å². The summed E-state index contributed by atoms with van der Waals surface area (Å²) in [6.07, 6.45) is 3.26. The van der Waals surface area contributed by atoms with Crippen molar-refractivity contribution in [3.8, 4) is 22.9 Å². The first kappa shape index (κ1) is 21.8.